The molecule has 0 spiro atoms. The van der Waals surface area contributed by atoms with Crippen molar-refractivity contribution in [3.63, 3.8) is 0 Å². The van der Waals surface area contributed by atoms with Crippen LogP contribution in [0.3, 0.4) is 0 Å². The molecule has 0 radical (unpaired) electrons. The summed E-state index contributed by atoms with van der Waals surface area (Å²) in [6.07, 6.45) is -1.18. The maximum atomic E-state index is 11.3. The van der Waals surface area contributed by atoms with Crippen molar-refractivity contribution in [2.75, 3.05) is 5.32 Å². The van der Waals surface area contributed by atoms with E-state index in [1.54, 1.807) is 0 Å². The van der Waals surface area contributed by atoms with Crippen LogP contribution >= 0.6 is 0 Å². The van der Waals surface area contributed by atoms with Gasteiger partial charge in [-0.15, -0.1) is 0 Å². The number of aromatic nitrogens is 3. The first-order chi connectivity index (χ1) is 8.36. The van der Waals surface area contributed by atoms with E-state index in [9.17, 15) is 14.4 Å². The number of primary amides is 1. The molecule has 4 amide bonds. The molecular formula is C7H12N8O3. The number of carbonyl (C=O) groups is 2. The van der Waals surface area contributed by atoms with Crippen LogP contribution in [-0.2, 0) is 0 Å². The summed E-state index contributed by atoms with van der Waals surface area (Å²) in [6.45, 7) is 1.52. The SMILES string of the molecule is Cc1nc(NC(=O)NC(N)NC(N)=O)nc(=O)[nH]1. The van der Waals surface area contributed by atoms with Gasteiger partial charge < -0.3 is 16.4 Å². The van der Waals surface area contributed by atoms with Gasteiger partial charge in [0, 0.05) is 0 Å². The third-order valence-electron chi connectivity index (χ3n) is 1.58. The van der Waals surface area contributed by atoms with E-state index in [0.717, 1.165) is 0 Å². The minimum absolute atomic E-state index is 0.194. The highest BCUT2D eigenvalue weighted by atomic mass is 16.2. The van der Waals surface area contributed by atoms with Crippen LogP contribution in [0.15, 0.2) is 4.79 Å². The van der Waals surface area contributed by atoms with Crippen molar-refractivity contribution in [3.05, 3.63) is 16.3 Å². The Balaban J connectivity index is 2.59. The van der Waals surface area contributed by atoms with Crippen molar-refractivity contribution < 1.29 is 9.59 Å². The number of H-pyrrole nitrogens is 1. The molecule has 1 unspecified atom stereocenters. The number of aryl methyl sites for hydroxylation is 1. The van der Waals surface area contributed by atoms with E-state index in [1.807, 2.05) is 5.32 Å². The van der Waals surface area contributed by atoms with E-state index in [1.165, 1.54) is 6.92 Å². The van der Waals surface area contributed by atoms with Gasteiger partial charge in [-0.25, -0.2) is 14.4 Å². The molecule has 0 fully saturated rings. The molecule has 11 nitrogen and oxygen atoms in total. The molecular weight excluding hydrogens is 244 g/mol. The van der Waals surface area contributed by atoms with Crippen molar-refractivity contribution in [2.24, 2.45) is 11.5 Å². The second-order valence-electron chi connectivity index (χ2n) is 3.15. The highest BCUT2D eigenvalue weighted by Gasteiger charge is 2.10. The van der Waals surface area contributed by atoms with Gasteiger partial charge in [0.25, 0.3) is 0 Å². The number of hydrogen-bond donors (Lipinski definition) is 6. The summed E-state index contributed by atoms with van der Waals surface area (Å²) < 4.78 is 0. The van der Waals surface area contributed by atoms with Crippen LogP contribution in [0, 0.1) is 6.92 Å². The van der Waals surface area contributed by atoms with Crippen LogP contribution in [0.4, 0.5) is 15.5 Å². The van der Waals surface area contributed by atoms with Crippen LogP contribution in [0.25, 0.3) is 0 Å². The largest absolute Gasteiger partial charge is 0.352 e. The number of nitrogens with zero attached hydrogens (tertiary/aromatic N) is 2. The van der Waals surface area contributed by atoms with E-state index >= 15 is 0 Å². The van der Waals surface area contributed by atoms with Crippen LogP contribution in [0.5, 0.6) is 0 Å². The van der Waals surface area contributed by atoms with E-state index in [-0.39, 0.29) is 11.8 Å². The van der Waals surface area contributed by atoms with E-state index in [4.69, 9.17) is 11.5 Å². The number of carbonyl (C=O) groups excluding carboxylic acids is 2. The lowest BCUT2D eigenvalue weighted by molar-refractivity contribution is 0.237. The lowest BCUT2D eigenvalue weighted by Gasteiger charge is -2.13. The number of anilines is 1. The van der Waals surface area contributed by atoms with Crippen molar-refractivity contribution in [3.8, 4) is 0 Å². The highest BCUT2D eigenvalue weighted by Crippen LogP contribution is 1.92. The quantitative estimate of drug-likeness (QED) is 0.325. The summed E-state index contributed by atoms with van der Waals surface area (Å²) in [7, 11) is 0. The fourth-order valence-electron chi connectivity index (χ4n) is 1.01. The first-order valence-electron chi connectivity index (χ1n) is 4.71. The summed E-state index contributed by atoms with van der Waals surface area (Å²) in [4.78, 5) is 42.2. The Morgan fingerprint density at radius 3 is 2.56 bits per heavy atom. The van der Waals surface area contributed by atoms with Gasteiger partial charge >= 0.3 is 17.8 Å². The minimum Gasteiger partial charge on any atom is -0.352 e. The molecule has 0 aliphatic heterocycles. The summed E-state index contributed by atoms with van der Waals surface area (Å²) in [5.74, 6) is 0.0879. The maximum absolute atomic E-state index is 11.3. The summed E-state index contributed by atoms with van der Waals surface area (Å²) >= 11 is 0. The summed E-state index contributed by atoms with van der Waals surface area (Å²) in [6, 6.07) is -1.70. The molecule has 0 aromatic carbocycles. The fraction of sp³-hybridized carbons (Fsp3) is 0.286. The zero-order valence-corrected chi connectivity index (χ0v) is 9.35. The van der Waals surface area contributed by atoms with Gasteiger partial charge in [-0.1, -0.05) is 0 Å². The Kier molecular flexibility index (Phi) is 4.15. The van der Waals surface area contributed by atoms with Crippen LogP contribution in [0.1, 0.15) is 5.82 Å². The lowest BCUT2D eigenvalue weighted by atomic mass is 10.7. The number of nitrogens with two attached hydrogens (primary N) is 2. The average Bonchev–Trinajstić information content (AvgIpc) is 2.12. The molecule has 1 atom stereocenters. The van der Waals surface area contributed by atoms with Gasteiger partial charge in [-0.2, -0.15) is 9.97 Å². The number of urea groups is 2. The highest BCUT2D eigenvalue weighted by molar-refractivity contribution is 5.87. The third-order valence-corrected chi connectivity index (χ3v) is 1.58. The Bertz CT molecular complexity index is 512. The van der Waals surface area contributed by atoms with Crippen molar-refractivity contribution in [1.29, 1.82) is 0 Å². The predicted octanol–water partition coefficient (Wildman–Crippen LogP) is -2.49. The smallest absolute Gasteiger partial charge is 0.349 e. The third kappa shape index (κ3) is 4.44. The van der Waals surface area contributed by atoms with E-state index < -0.39 is 24.0 Å². The Labute approximate surface area is 100 Å². The van der Waals surface area contributed by atoms with E-state index in [0.29, 0.717) is 0 Å². The van der Waals surface area contributed by atoms with Gasteiger partial charge in [0.15, 0.2) is 6.29 Å². The topological polar surface area (TPSA) is 181 Å². The molecule has 0 aliphatic rings. The standard InChI is InChI=1S/C7H12N8O3/c1-2-10-5(14-6(17)11-2)15-7(18)13-3(8)12-4(9)16/h3H,8H2,1H3,(H3,9,12,16)(H3,10,11,13,14,15,17,18). The summed E-state index contributed by atoms with van der Waals surface area (Å²) in [5.41, 5.74) is 9.43. The summed E-state index contributed by atoms with van der Waals surface area (Å²) in [5, 5.41) is 6.30. The van der Waals surface area contributed by atoms with Crippen molar-refractivity contribution in [2.45, 2.75) is 13.2 Å². The molecule has 98 valence electrons. The van der Waals surface area contributed by atoms with E-state index in [2.05, 4.69) is 25.6 Å². The normalized spacial score (nSPS) is 11.4. The van der Waals surface area contributed by atoms with Crippen molar-refractivity contribution >= 4 is 18.0 Å². The monoisotopic (exact) mass is 256 g/mol. The molecule has 18 heavy (non-hydrogen) atoms. The zero-order chi connectivity index (χ0) is 13.7. The molecule has 1 aromatic rings. The van der Waals surface area contributed by atoms with Gasteiger partial charge in [-0.3, -0.25) is 16.0 Å². The second kappa shape index (κ2) is 5.58. The Morgan fingerprint density at radius 1 is 1.33 bits per heavy atom. The Morgan fingerprint density at radius 2 is 2.00 bits per heavy atom. The molecule has 0 bridgehead atoms. The van der Waals surface area contributed by atoms with Gasteiger partial charge in [0.1, 0.15) is 5.82 Å². The molecule has 0 aliphatic carbocycles. The van der Waals surface area contributed by atoms with Crippen molar-refractivity contribution in [1.82, 2.24) is 25.6 Å². The molecule has 1 rings (SSSR count). The first-order valence-corrected chi connectivity index (χ1v) is 4.71. The van der Waals surface area contributed by atoms with Crippen LogP contribution < -0.4 is 33.1 Å². The molecule has 0 saturated carbocycles. The minimum atomic E-state index is -1.18. The average molecular weight is 256 g/mol. The molecule has 8 N–H and O–H groups in total. The number of aromatic amines is 1. The van der Waals surface area contributed by atoms with Gasteiger partial charge in [-0.05, 0) is 6.92 Å². The number of hydrogen-bond acceptors (Lipinski definition) is 6. The zero-order valence-electron chi connectivity index (χ0n) is 9.35. The number of nitrogens with one attached hydrogen (secondary N) is 4. The van der Waals surface area contributed by atoms with Crippen LogP contribution in [-0.4, -0.2) is 33.3 Å². The second-order valence-corrected chi connectivity index (χ2v) is 3.15. The molecule has 0 saturated heterocycles. The Hall–Kier alpha value is -2.69. The lowest BCUT2D eigenvalue weighted by Crippen LogP contribution is -2.56. The van der Waals surface area contributed by atoms with Gasteiger partial charge in [0.05, 0.1) is 0 Å². The maximum Gasteiger partial charge on any atom is 0.349 e. The van der Waals surface area contributed by atoms with Gasteiger partial charge in [0.2, 0.25) is 5.95 Å². The molecule has 11 heteroatoms. The molecule has 1 aromatic heterocycles. The van der Waals surface area contributed by atoms with Crippen LogP contribution in [0.2, 0.25) is 0 Å². The molecule has 1 heterocycles. The predicted molar refractivity (Wildman–Crippen MR) is 60.2 cm³/mol. The number of rotatable bonds is 3. The first kappa shape index (κ1) is 13.4. The fourth-order valence-corrected chi connectivity index (χ4v) is 1.01. The number of amides is 4.